The first kappa shape index (κ1) is 109. The topological polar surface area (TPSA) is 380 Å². The van der Waals surface area contributed by atoms with Gasteiger partial charge in [-0.25, -0.2) is 48.0 Å². The number of carbonyl (C=O) groups is 4. The van der Waals surface area contributed by atoms with Crippen molar-refractivity contribution in [2.24, 2.45) is 0 Å². The maximum Gasteiger partial charge on any atom is 0.416 e. The second-order valence-electron chi connectivity index (χ2n) is 32.7. The van der Waals surface area contributed by atoms with Crippen LogP contribution in [0.5, 0.6) is 28.7 Å². The lowest BCUT2D eigenvalue weighted by molar-refractivity contribution is -0.137. The number of ether oxygens (including phenoxy) is 5. The summed E-state index contributed by atoms with van der Waals surface area (Å²) in [4.78, 5) is 71.9. The SMILES string of the molecule is C.C.C.C.COc1c(C(=O)Nc2ccc(Cl)cc2)cnc2c1c(C)nn2CCN1CCNCC1.COc1ccc(Cn2cc(Cn3cc(C)c4c(Cl)c(C(=O)Nc5ccc(OC)cc5)cnc43)nn2)cc1.COc1ccc(Cn2cc(Cn3nc(C)c4c(Cl)c(C(=O)Nc5ccc(C(F)(F)F)cc5)cnc43)nn2)cc1.COc1ccc(Cn2cc(Cn3nc(C)c4c(Cl)c(C(=O)Nc5ccc(Cl)cc5)cnc43)nn2)cc1. The summed E-state index contributed by atoms with van der Waals surface area (Å²) in [7, 11) is 8.04. The van der Waals surface area contributed by atoms with Crippen molar-refractivity contribution >= 4 is 149 Å². The molecule has 0 spiro atoms. The molecular weight excluding hydrogens is 1980 g/mol. The molecule has 35 nitrogen and oxygen atoms in total. The molecule has 1 saturated heterocycles. The molecule has 1 fully saturated rings. The lowest BCUT2D eigenvalue weighted by Crippen LogP contribution is -2.44. The van der Waals surface area contributed by atoms with Crippen molar-refractivity contribution in [3.63, 3.8) is 0 Å². The average Bonchev–Trinajstić information content (AvgIpc) is 1.63. The number of carbonyl (C=O) groups excluding carboxylic acids is 4. The zero-order valence-corrected chi connectivity index (χ0v) is 81.6. The zero-order valence-electron chi connectivity index (χ0n) is 77.9. The predicted octanol–water partition coefficient (Wildman–Crippen LogP) is 20.4. The van der Waals surface area contributed by atoms with Crippen molar-refractivity contribution < 1.29 is 56.0 Å². The van der Waals surface area contributed by atoms with Crippen LogP contribution in [0.2, 0.25) is 25.1 Å². The molecule has 11 aromatic heterocycles. The van der Waals surface area contributed by atoms with Gasteiger partial charge in [0.15, 0.2) is 16.9 Å². The zero-order chi connectivity index (χ0) is 100.0. The molecule has 146 heavy (non-hydrogen) atoms. The van der Waals surface area contributed by atoms with Gasteiger partial charge in [-0.3, -0.25) is 24.1 Å². The van der Waals surface area contributed by atoms with E-state index < -0.39 is 17.6 Å². The Morgan fingerprint density at radius 1 is 0.370 bits per heavy atom. The predicted molar refractivity (Wildman–Crippen MR) is 562 cm³/mol. The van der Waals surface area contributed by atoms with Crippen LogP contribution in [0, 0.1) is 27.7 Å². The Morgan fingerprint density at radius 3 is 1.07 bits per heavy atom. The maximum atomic E-state index is 12.9. The highest BCUT2D eigenvalue weighted by Gasteiger charge is 2.32. The van der Waals surface area contributed by atoms with Gasteiger partial charge >= 0.3 is 6.18 Å². The summed E-state index contributed by atoms with van der Waals surface area (Å²) in [5.74, 6) is 1.96. The third kappa shape index (κ3) is 26.2. The number of aromatic nitrogens is 20. The molecule has 0 radical (unpaired) electrons. The Hall–Kier alpha value is -15.5. The molecule has 18 aromatic rings. The average molecular weight is 2090 g/mol. The van der Waals surface area contributed by atoms with Gasteiger partial charge in [0.05, 0.1) is 171 Å². The van der Waals surface area contributed by atoms with Crippen molar-refractivity contribution in [1.29, 1.82) is 0 Å². The minimum Gasteiger partial charge on any atom is -0.497 e. The number of rotatable bonds is 28. The molecule has 7 aromatic carbocycles. The molecule has 760 valence electrons. The van der Waals surface area contributed by atoms with E-state index in [-0.39, 0.29) is 75.8 Å². The number of fused-ring (bicyclic) bond motifs is 4. The second-order valence-corrected chi connectivity index (χ2v) is 34.7. The fraction of sp³-hybridized carbons (Fsp3) is 0.252. The van der Waals surface area contributed by atoms with E-state index in [0.717, 1.165) is 124 Å². The second kappa shape index (κ2) is 49.2. The smallest absolute Gasteiger partial charge is 0.416 e. The van der Waals surface area contributed by atoms with Crippen molar-refractivity contribution in [3.8, 4) is 28.7 Å². The number of aryl methyl sites for hydroxylation is 4. The van der Waals surface area contributed by atoms with E-state index in [4.69, 9.17) is 81.7 Å². The van der Waals surface area contributed by atoms with E-state index in [9.17, 15) is 32.3 Å². The van der Waals surface area contributed by atoms with Crippen LogP contribution in [0.25, 0.3) is 44.1 Å². The number of halogens is 8. The van der Waals surface area contributed by atoms with Crippen molar-refractivity contribution in [2.45, 2.75) is 109 Å². The third-order valence-electron chi connectivity index (χ3n) is 22.9. The van der Waals surface area contributed by atoms with Gasteiger partial charge in [-0.05, 0) is 183 Å². The quantitative estimate of drug-likeness (QED) is 0.0304. The van der Waals surface area contributed by atoms with Gasteiger partial charge in [0, 0.05) is 102 Å². The van der Waals surface area contributed by atoms with Crippen LogP contribution in [0.15, 0.2) is 219 Å². The highest BCUT2D eigenvalue weighted by atomic mass is 35.5. The van der Waals surface area contributed by atoms with E-state index >= 15 is 0 Å². The van der Waals surface area contributed by atoms with Gasteiger partial charge in [-0.1, -0.05) is 140 Å². The van der Waals surface area contributed by atoms with Gasteiger partial charge in [0.2, 0.25) is 0 Å². The molecule has 0 atom stereocenters. The Morgan fingerprint density at radius 2 is 0.692 bits per heavy atom. The van der Waals surface area contributed by atoms with Crippen molar-refractivity contribution in [3.05, 3.63) is 329 Å². The Kier molecular flexibility index (Phi) is 36.9. The number of methoxy groups -OCH3 is 5. The molecular formula is C103H108Cl5F3N26O9. The number of hydrogen-bond donors (Lipinski definition) is 5. The first-order valence-electron chi connectivity index (χ1n) is 44.2. The summed E-state index contributed by atoms with van der Waals surface area (Å²) >= 11 is 31.8. The molecule has 0 bridgehead atoms. The number of nitrogens with zero attached hydrogens (tertiary/aromatic N) is 21. The summed E-state index contributed by atoms with van der Waals surface area (Å²) in [6.07, 6.45) is 8.87. The lowest BCUT2D eigenvalue weighted by atomic mass is 10.1. The van der Waals surface area contributed by atoms with E-state index in [1.165, 1.54) is 30.7 Å². The number of hydrogen-bond acceptors (Lipinski definition) is 24. The monoisotopic (exact) mass is 2080 g/mol. The van der Waals surface area contributed by atoms with E-state index in [0.29, 0.717) is 137 Å². The van der Waals surface area contributed by atoms with Gasteiger partial charge in [0.25, 0.3) is 23.6 Å². The minimum absolute atomic E-state index is 0. The largest absolute Gasteiger partial charge is 0.497 e. The van der Waals surface area contributed by atoms with Crippen LogP contribution in [0.1, 0.15) is 133 Å². The van der Waals surface area contributed by atoms with Gasteiger partial charge in [-0.2, -0.15) is 28.5 Å². The minimum atomic E-state index is -4.47. The molecule has 1 aliphatic rings. The highest BCUT2D eigenvalue weighted by molar-refractivity contribution is 6.40. The Labute approximate surface area is 864 Å². The molecule has 1 aliphatic heterocycles. The standard InChI is InChI=1S/C27H25ClN6O3.C26H21ClF3N7O2.C25H21Cl2N7O2.C21H25ClN6O2.4CH4/c1-17-13-33(15-20-16-34(32-31-20)14-18-4-8-21(36-2)9-5-18)26-24(17)25(28)23(12-29-26)27(35)30-19-6-10-22(37-3)11-7-19;1-15-22-23(27)21(25(38)32-18-7-5-17(6-8-18)26(28,29)30)11-31-24(22)37(34-15)14-19-13-36(35-33-19)12-16-3-9-20(39-2)10-4-16;1-15-22-23(27)21(25(35)29-18-7-5-17(26)6-8-18)11-28-24(22)34(31-15)14-19-13-33(32-30-19)12-16-3-9-20(36-2)10-4-16;1-14-18-19(30-2)17(21(29)25-16-5-3-15(22)4-6-16)13-24-20(18)28(26-14)12-11-27-9-7-23-8-10-27;;;;/h4-13,16H,14-15H2,1-3H3,(H,30,35);3-11,13H,12,14H2,1-2H3,(H,32,38);3-11,13H,12,14H2,1-2H3,(H,29,35);3-6,13,23H,7-12H2,1-2H3,(H,25,29);4*1H4. The summed E-state index contributed by atoms with van der Waals surface area (Å²) < 4.78 is 77.2. The number of amides is 4. The fourth-order valence-corrected chi connectivity index (χ4v) is 17.1. The van der Waals surface area contributed by atoms with E-state index in [1.54, 1.807) is 151 Å². The van der Waals surface area contributed by atoms with Crippen LogP contribution in [-0.2, 0) is 52.0 Å². The fourth-order valence-electron chi connectivity index (χ4n) is 15.7. The van der Waals surface area contributed by atoms with E-state index in [2.05, 4.69) is 97.7 Å². The Balaban J connectivity index is 0.000000172. The van der Waals surface area contributed by atoms with Gasteiger partial charge in [-0.15, -0.1) is 15.3 Å². The Bertz CT molecular complexity index is 7570. The first-order chi connectivity index (χ1) is 68.5. The van der Waals surface area contributed by atoms with Gasteiger partial charge < -0.3 is 54.8 Å². The van der Waals surface area contributed by atoms with Crippen molar-refractivity contribution in [2.75, 3.05) is 89.5 Å². The number of anilines is 4. The molecule has 4 amide bonds. The lowest BCUT2D eigenvalue weighted by Gasteiger charge is -2.26. The van der Waals surface area contributed by atoms with E-state index in [1.807, 2.05) is 121 Å². The summed E-state index contributed by atoms with van der Waals surface area (Å²) in [6, 6.07) is 48.2. The van der Waals surface area contributed by atoms with Gasteiger partial charge in [0.1, 0.15) is 57.0 Å². The number of pyridine rings is 4. The van der Waals surface area contributed by atoms with Crippen LogP contribution >= 0.6 is 58.0 Å². The number of alkyl halides is 3. The molecule has 12 heterocycles. The van der Waals surface area contributed by atoms with Crippen LogP contribution in [-0.4, -0.2) is 196 Å². The highest BCUT2D eigenvalue weighted by Crippen LogP contribution is 2.38. The molecule has 19 rings (SSSR count). The van der Waals surface area contributed by atoms with Crippen LogP contribution < -0.4 is 50.3 Å². The first-order valence-corrected chi connectivity index (χ1v) is 46.1. The number of benzene rings is 7. The third-order valence-corrected chi connectivity index (χ3v) is 24.6. The maximum absolute atomic E-state index is 12.9. The molecule has 0 aliphatic carbocycles. The van der Waals surface area contributed by atoms with Crippen molar-refractivity contribution in [1.82, 2.24) is 109 Å². The normalized spacial score (nSPS) is 11.7. The summed E-state index contributed by atoms with van der Waals surface area (Å²) in [6.45, 7) is 15.9. The van der Waals surface area contributed by atoms with Crippen LogP contribution in [0.3, 0.4) is 0 Å². The molecule has 0 saturated carbocycles. The summed E-state index contributed by atoms with van der Waals surface area (Å²) in [5.41, 5.74) is 12.9. The van der Waals surface area contributed by atoms with Crippen LogP contribution in [0.4, 0.5) is 35.9 Å². The number of piperazine rings is 1. The number of nitrogens with one attached hydrogen (secondary N) is 5. The molecule has 0 unspecified atom stereocenters. The molecule has 5 N–H and O–H groups in total. The summed E-state index contributed by atoms with van der Waals surface area (Å²) in [5, 5.41) is 58.3. The molecule has 43 heteroatoms.